The van der Waals surface area contributed by atoms with Gasteiger partial charge in [0.1, 0.15) is 0 Å². The monoisotopic (exact) mass is 348 g/mol. The molecule has 2 N–H and O–H groups in total. The number of nitrogens with zero attached hydrogens (tertiary/aromatic N) is 2. The maximum atomic E-state index is 11.6. The normalized spacial score (nSPS) is 16.8. The summed E-state index contributed by atoms with van der Waals surface area (Å²) in [5.41, 5.74) is 1.35. The van der Waals surface area contributed by atoms with Crippen molar-refractivity contribution >= 4 is 38.2 Å². The summed E-state index contributed by atoms with van der Waals surface area (Å²) in [7, 11) is 0. The summed E-state index contributed by atoms with van der Waals surface area (Å²) in [6.07, 6.45) is 0. The molecule has 0 fully saturated rings. The molecule has 6 nitrogen and oxygen atoms in total. The minimum Gasteiger partial charge on any atom is -0.319 e. The number of amides is 2. The molecule has 2 rings (SSSR count). The van der Waals surface area contributed by atoms with Crippen LogP contribution in [0.1, 0.15) is 32.0 Å². The van der Waals surface area contributed by atoms with Crippen LogP contribution in [-0.2, 0) is 16.9 Å². The molecule has 1 aromatic rings. The third kappa shape index (κ3) is 1.92. The summed E-state index contributed by atoms with van der Waals surface area (Å²) in [5, 5.41) is 9.64. The number of H-pyrrole nitrogens is 1. The van der Waals surface area contributed by atoms with Gasteiger partial charge in [-0.1, -0.05) is 0 Å². The number of hydrogen-bond acceptors (Lipinski definition) is 3. The van der Waals surface area contributed by atoms with E-state index in [0.29, 0.717) is 12.4 Å². The van der Waals surface area contributed by atoms with Crippen molar-refractivity contribution in [3.05, 3.63) is 11.3 Å². The molecule has 1 aliphatic rings. The van der Waals surface area contributed by atoms with E-state index in [9.17, 15) is 9.59 Å². The predicted molar refractivity (Wildman–Crippen MR) is 70.9 cm³/mol. The number of nitrogens with one attached hydrogen (secondary N) is 2. The van der Waals surface area contributed by atoms with Crippen LogP contribution in [-0.4, -0.2) is 24.9 Å². The van der Waals surface area contributed by atoms with E-state index in [4.69, 9.17) is 0 Å². The van der Waals surface area contributed by atoms with Crippen molar-refractivity contribution in [3.63, 3.8) is 0 Å². The Bertz CT molecular complexity index is 494. The minimum atomic E-state index is -0.419. The van der Waals surface area contributed by atoms with Crippen LogP contribution < -0.4 is 5.32 Å². The molecule has 1 aliphatic heterocycles. The topological polar surface area (TPSA) is 78.1 Å². The second kappa shape index (κ2) is 3.97. The van der Waals surface area contributed by atoms with Gasteiger partial charge in [-0.15, -0.1) is 0 Å². The van der Waals surface area contributed by atoms with Crippen LogP contribution in [0.3, 0.4) is 0 Å². The average molecular weight is 348 g/mol. The lowest BCUT2D eigenvalue weighted by Crippen LogP contribution is -2.37. The number of carbonyl (C=O) groups excluding carboxylic acids is 2. The minimum absolute atomic E-state index is 0.0222. The number of carbonyl (C=O) groups is 2. The van der Waals surface area contributed by atoms with Crippen LogP contribution in [0.2, 0.25) is 0 Å². The summed E-state index contributed by atoms with van der Waals surface area (Å²) >= 11 is 1.77. The Morgan fingerprint density at radius 3 is 2.71 bits per heavy atom. The van der Waals surface area contributed by atoms with Gasteiger partial charge in [0.05, 0.1) is 17.8 Å². The molecule has 0 aromatic carbocycles. The van der Waals surface area contributed by atoms with Crippen LogP contribution in [0, 0.1) is 0 Å². The van der Waals surface area contributed by atoms with Gasteiger partial charge in [-0.25, -0.2) is 0 Å². The Hall–Kier alpha value is -1.12. The number of aromatic nitrogens is 2. The number of fused-ring (bicyclic) bond motifs is 1. The van der Waals surface area contributed by atoms with Crippen molar-refractivity contribution < 1.29 is 9.59 Å². The van der Waals surface area contributed by atoms with E-state index in [-0.39, 0.29) is 9.82 Å². The highest BCUT2D eigenvalue weighted by Crippen LogP contribution is 2.41. The smallest absolute Gasteiger partial charge is 0.284 e. The molecule has 0 spiro atoms. The summed E-state index contributed by atoms with van der Waals surface area (Å²) in [5.74, 6) is 0.345. The third-order valence-corrected chi connectivity index (χ3v) is 3.56. The first kappa shape index (κ1) is 12.3. The van der Waals surface area contributed by atoms with E-state index in [2.05, 4.69) is 15.5 Å². The molecule has 7 heteroatoms. The summed E-state index contributed by atoms with van der Waals surface area (Å²) in [6, 6.07) is 0. The number of aromatic amines is 1. The Balaban J connectivity index is 2.40. The highest BCUT2D eigenvalue weighted by Gasteiger charge is 2.42. The van der Waals surface area contributed by atoms with E-state index in [0.717, 1.165) is 11.3 Å². The second-order valence-electron chi connectivity index (χ2n) is 4.51. The van der Waals surface area contributed by atoms with Crippen molar-refractivity contribution in [2.75, 3.05) is 5.32 Å². The van der Waals surface area contributed by atoms with Crippen LogP contribution in [0.4, 0.5) is 10.6 Å². The lowest BCUT2D eigenvalue weighted by molar-refractivity contribution is -0.114. The molecular weight excluding hydrogens is 335 g/mol. The number of rotatable bonds is 1. The second-order valence-corrected chi connectivity index (χ2v) is 5.43. The van der Waals surface area contributed by atoms with Crippen LogP contribution >= 0.6 is 22.6 Å². The van der Waals surface area contributed by atoms with Gasteiger partial charge in [0.15, 0.2) is 5.82 Å². The van der Waals surface area contributed by atoms with E-state index in [1.807, 2.05) is 13.8 Å². The maximum absolute atomic E-state index is 11.6. The summed E-state index contributed by atoms with van der Waals surface area (Å²) in [6.45, 7) is 5.80. The van der Waals surface area contributed by atoms with Gasteiger partial charge >= 0.3 is 0 Å². The first-order chi connectivity index (χ1) is 7.84. The largest absolute Gasteiger partial charge is 0.319 e. The fourth-order valence-electron chi connectivity index (χ4n) is 2.07. The molecular formula is C10H13IN4O2. The molecule has 2 amide bonds. The van der Waals surface area contributed by atoms with Crippen molar-refractivity contribution in [2.45, 2.75) is 32.9 Å². The van der Waals surface area contributed by atoms with Crippen molar-refractivity contribution in [3.8, 4) is 0 Å². The molecule has 1 aromatic heterocycles. The zero-order chi connectivity index (χ0) is 12.8. The van der Waals surface area contributed by atoms with Gasteiger partial charge in [-0.3, -0.25) is 14.7 Å². The molecule has 0 bridgehead atoms. The average Bonchev–Trinajstić information content (AvgIpc) is 2.66. The zero-order valence-corrected chi connectivity index (χ0v) is 12.0. The van der Waals surface area contributed by atoms with E-state index >= 15 is 0 Å². The fraction of sp³-hybridized carbons (Fsp3) is 0.500. The Labute approximate surface area is 112 Å². The van der Waals surface area contributed by atoms with Crippen LogP contribution in [0.15, 0.2) is 0 Å². The van der Waals surface area contributed by atoms with Crippen molar-refractivity contribution in [2.24, 2.45) is 0 Å². The standard InChI is InChI=1S/C10H13IN4O2/c1-5(16)12-8-6-4-15(9(11)17)10(2,3)7(6)13-14-8/h4H2,1-3H3,(H2,12,13,14,16). The first-order valence-electron chi connectivity index (χ1n) is 5.16. The fourth-order valence-corrected chi connectivity index (χ4v) is 2.84. The van der Waals surface area contributed by atoms with Gasteiger partial charge in [0.2, 0.25) is 5.91 Å². The lowest BCUT2D eigenvalue weighted by Gasteiger charge is -2.29. The van der Waals surface area contributed by atoms with E-state index in [1.165, 1.54) is 6.92 Å². The van der Waals surface area contributed by atoms with Crippen molar-refractivity contribution in [1.82, 2.24) is 15.1 Å². The lowest BCUT2D eigenvalue weighted by atomic mass is 10.0. The molecule has 0 atom stereocenters. The summed E-state index contributed by atoms with van der Waals surface area (Å²) in [4.78, 5) is 24.3. The maximum Gasteiger partial charge on any atom is 0.284 e. The van der Waals surface area contributed by atoms with Gasteiger partial charge in [0, 0.05) is 35.1 Å². The van der Waals surface area contributed by atoms with Crippen LogP contribution in [0.25, 0.3) is 0 Å². The first-order valence-corrected chi connectivity index (χ1v) is 6.24. The van der Waals surface area contributed by atoms with E-state index < -0.39 is 5.54 Å². The zero-order valence-electron chi connectivity index (χ0n) is 9.80. The molecule has 0 unspecified atom stereocenters. The van der Waals surface area contributed by atoms with Gasteiger partial charge in [-0.2, -0.15) is 5.10 Å². The SMILES string of the molecule is CC(=O)Nc1n[nH]c2c1CN(C(=O)I)C2(C)C. The quantitative estimate of drug-likeness (QED) is 0.463. The molecule has 0 aliphatic carbocycles. The molecule has 0 saturated carbocycles. The number of anilines is 1. The van der Waals surface area contributed by atoms with Gasteiger partial charge < -0.3 is 10.2 Å². The highest BCUT2D eigenvalue weighted by molar-refractivity contribution is 14.1. The molecule has 92 valence electrons. The van der Waals surface area contributed by atoms with Gasteiger partial charge in [-0.05, 0) is 13.8 Å². The molecule has 0 radical (unpaired) electrons. The number of halogens is 1. The molecule has 2 heterocycles. The van der Waals surface area contributed by atoms with E-state index in [1.54, 1.807) is 27.5 Å². The Kier molecular flexibility index (Phi) is 2.88. The Morgan fingerprint density at radius 2 is 2.18 bits per heavy atom. The van der Waals surface area contributed by atoms with Crippen LogP contribution in [0.5, 0.6) is 0 Å². The molecule has 17 heavy (non-hydrogen) atoms. The Morgan fingerprint density at radius 1 is 1.53 bits per heavy atom. The number of hydrogen-bond donors (Lipinski definition) is 2. The third-order valence-electron chi connectivity index (χ3n) is 2.98. The van der Waals surface area contributed by atoms with Crippen molar-refractivity contribution in [1.29, 1.82) is 0 Å². The van der Waals surface area contributed by atoms with Gasteiger partial charge in [0.25, 0.3) is 3.91 Å². The summed E-state index contributed by atoms with van der Waals surface area (Å²) < 4.78 is -0.0222. The highest BCUT2D eigenvalue weighted by atomic mass is 127. The predicted octanol–water partition coefficient (Wildman–Crippen LogP) is 1.97. The molecule has 0 saturated heterocycles.